The number of hydrogen-bond acceptors (Lipinski definition) is 5. The fourth-order valence-electron chi connectivity index (χ4n) is 1.49. The molecule has 0 saturated carbocycles. The van der Waals surface area contributed by atoms with Crippen LogP contribution in [0.25, 0.3) is 6.08 Å². The molecule has 0 atom stereocenters. The monoisotopic (exact) mass is 275 g/mol. The molecule has 2 rings (SSSR count). The topological polar surface area (TPSA) is 96.1 Å². The van der Waals surface area contributed by atoms with Gasteiger partial charge in [-0.15, -0.1) is 0 Å². The Hall–Kier alpha value is -2.41. The van der Waals surface area contributed by atoms with E-state index in [9.17, 15) is 14.9 Å². The minimum atomic E-state index is -0.459. The lowest BCUT2D eigenvalue weighted by Gasteiger charge is -1.95. The molecule has 0 bridgehead atoms. The summed E-state index contributed by atoms with van der Waals surface area (Å²) in [5.41, 5.74) is 0.469. The van der Waals surface area contributed by atoms with Crippen LogP contribution in [0.2, 0.25) is 0 Å². The van der Waals surface area contributed by atoms with Crippen molar-refractivity contribution in [2.75, 3.05) is 0 Å². The second-order valence-electron chi connectivity index (χ2n) is 3.59. The average Bonchev–Trinajstić information content (AvgIpc) is 2.68. The highest BCUT2D eigenvalue weighted by molar-refractivity contribution is 8.18. The van der Waals surface area contributed by atoms with E-state index in [-0.39, 0.29) is 16.8 Å². The summed E-state index contributed by atoms with van der Waals surface area (Å²) in [5.74, 6) is -0.331. The second kappa shape index (κ2) is 5.49. The van der Waals surface area contributed by atoms with Gasteiger partial charge in [-0.3, -0.25) is 20.3 Å². The van der Waals surface area contributed by atoms with Gasteiger partial charge < -0.3 is 5.32 Å². The Morgan fingerprint density at radius 2 is 2.11 bits per heavy atom. The summed E-state index contributed by atoms with van der Waals surface area (Å²) in [6.07, 6.45) is 4.64. The van der Waals surface area contributed by atoms with Gasteiger partial charge in [0.2, 0.25) is 0 Å². The van der Waals surface area contributed by atoms with Crippen molar-refractivity contribution in [2.45, 2.75) is 0 Å². The van der Waals surface area contributed by atoms with E-state index in [4.69, 9.17) is 5.41 Å². The molecule has 0 unspecified atom stereocenters. The molecule has 1 aliphatic rings. The molecule has 19 heavy (non-hydrogen) atoms. The molecule has 0 aliphatic carbocycles. The van der Waals surface area contributed by atoms with Crippen molar-refractivity contribution in [3.05, 3.63) is 57.0 Å². The predicted molar refractivity (Wildman–Crippen MR) is 73.7 cm³/mol. The number of carbonyl (C=O) groups is 1. The van der Waals surface area contributed by atoms with Crippen LogP contribution in [0.5, 0.6) is 0 Å². The van der Waals surface area contributed by atoms with E-state index >= 15 is 0 Å². The van der Waals surface area contributed by atoms with Crippen LogP contribution < -0.4 is 5.32 Å². The molecule has 0 spiro atoms. The molecule has 7 heteroatoms. The molecule has 1 aromatic carbocycles. The van der Waals surface area contributed by atoms with Crippen molar-refractivity contribution in [3.63, 3.8) is 0 Å². The van der Waals surface area contributed by atoms with Crippen molar-refractivity contribution >= 4 is 34.6 Å². The van der Waals surface area contributed by atoms with Crippen LogP contribution >= 0.6 is 11.8 Å². The van der Waals surface area contributed by atoms with Crippen LogP contribution in [0.4, 0.5) is 5.69 Å². The van der Waals surface area contributed by atoms with E-state index in [1.165, 1.54) is 12.1 Å². The lowest BCUT2D eigenvalue weighted by Crippen LogP contribution is -2.18. The van der Waals surface area contributed by atoms with Crippen molar-refractivity contribution < 1.29 is 9.72 Å². The molecule has 1 amide bonds. The predicted octanol–water partition coefficient (Wildman–Crippen LogP) is 2.29. The number of nitrogens with zero attached hydrogens (tertiary/aromatic N) is 1. The molecule has 0 radical (unpaired) electrons. The van der Waals surface area contributed by atoms with Gasteiger partial charge in [0.25, 0.3) is 11.6 Å². The SMILES string of the molecule is N=C1NC(=O)/C(=C\C=C\c2ccccc2[N+](=O)[O-])S1. The number of nitro benzene ring substituents is 1. The molecular weight excluding hydrogens is 266 g/mol. The summed E-state index contributed by atoms with van der Waals surface area (Å²) < 4.78 is 0. The number of allylic oxidation sites excluding steroid dienone is 2. The van der Waals surface area contributed by atoms with Gasteiger partial charge in [-0.1, -0.05) is 18.2 Å². The van der Waals surface area contributed by atoms with Gasteiger partial charge >= 0.3 is 0 Å². The van der Waals surface area contributed by atoms with Gasteiger partial charge in [0.05, 0.1) is 15.4 Å². The van der Waals surface area contributed by atoms with Gasteiger partial charge in [0.15, 0.2) is 5.17 Å². The standard InChI is InChI=1S/C12H9N3O3S/c13-12-14-11(16)10(19-12)7-3-5-8-4-1-2-6-9(8)15(17)18/h1-7H,(H2,13,14,16)/b5-3+,10-7+. The molecule has 1 fully saturated rings. The van der Waals surface area contributed by atoms with Crippen LogP contribution in [-0.2, 0) is 4.79 Å². The number of nitrogens with one attached hydrogen (secondary N) is 2. The molecule has 1 saturated heterocycles. The number of nitro groups is 1. The van der Waals surface area contributed by atoms with E-state index in [1.807, 2.05) is 0 Å². The van der Waals surface area contributed by atoms with Gasteiger partial charge in [-0.05, 0) is 30.0 Å². The molecule has 0 aromatic heterocycles. The van der Waals surface area contributed by atoms with Gasteiger partial charge in [-0.2, -0.15) is 0 Å². The fourth-order valence-corrected chi connectivity index (χ4v) is 2.14. The first kappa shape index (κ1) is 13.0. The third-order valence-corrected chi connectivity index (χ3v) is 3.17. The van der Waals surface area contributed by atoms with Gasteiger partial charge in [0, 0.05) is 6.07 Å². The lowest BCUT2D eigenvalue weighted by molar-refractivity contribution is -0.385. The number of benzene rings is 1. The highest BCUT2D eigenvalue weighted by Crippen LogP contribution is 2.23. The Kier molecular flexibility index (Phi) is 3.76. The zero-order valence-corrected chi connectivity index (χ0v) is 10.4. The van der Waals surface area contributed by atoms with Gasteiger partial charge in [0.1, 0.15) is 0 Å². The average molecular weight is 275 g/mol. The Balaban J connectivity index is 2.20. The molecule has 1 heterocycles. The molecule has 2 N–H and O–H groups in total. The number of hydrogen-bond donors (Lipinski definition) is 2. The van der Waals surface area contributed by atoms with Crippen LogP contribution in [0.1, 0.15) is 5.56 Å². The van der Waals surface area contributed by atoms with Crippen LogP contribution in [-0.4, -0.2) is 16.0 Å². The summed E-state index contributed by atoms with van der Waals surface area (Å²) in [6, 6.07) is 6.33. The number of amides is 1. The minimum Gasteiger partial charge on any atom is -0.301 e. The maximum absolute atomic E-state index is 11.3. The largest absolute Gasteiger partial charge is 0.301 e. The number of amidine groups is 1. The first-order valence-corrected chi connectivity index (χ1v) is 6.09. The Labute approximate surface area is 112 Å². The summed E-state index contributed by atoms with van der Waals surface area (Å²) in [5, 5.41) is 20.5. The Morgan fingerprint density at radius 3 is 2.74 bits per heavy atom. The zero-order valence-electron chi connectivity index (χ0n) is 9.62. The molecule has 1 aromatic rings. The van der Waals surface area contributed by atoms with E-state index in [1.54, 1.807) is 30.4 Å². The molecule has 1 aliphatic heterocycles. The minimum absolute atomic E-state index is 0.00780. The Morgan fingerprint density at radius 1 is 1.37 bits per heavy atom. The number of thioether (sulfide) groups is 1. The number of carbonyl (C=O) groups excluding carboxylic acids is 1. The normalized spacial score (nSPS) is 17.2. The third kappa shape index (κ3) is 3.08. The number of para-hydroxylation sites is 1. The summed E-state index contributed by atoms with van der Waals surface area (Å²) >= 11 is 1.02. The van der Waals surface area contributed by atoms with Crippen molar-refractivity contribution in [2.24, 2.45) is 0 Å². The molecule has 6 nitrogen and oxygen atoms in total. The first-order chi connectivity index (χ1) is 9.08. The second-order valence-corrected chi connectivity index (χ2v) is 4.64. The van der Waals surface area contributed by atoms with Crippen molar-refractivity contribution in [1.29, 1.82) is 5.41 Å². The summed E-state index contributed by atoms with van der Waals surface area (Å²) in [7, 11) is 0. The maximum Gasteiger partial charge on any atom is 0.276 e. The maximum atomic E-state index is 11.3. The summed E-state index contributed by atoms with van der Waals surface area (Å²) in [4.78, 5) is 22.0. The van der Waals surface area contributed by atoms with E-state index < -0.39 is 4.92 Å². The quantitative estimate of drug-likeness (QED) is 0.502. The van der Waals surface area contributed by atoms with Crippen LogP contribution in [0.15, 0.2) is 41.3 Å². The molecule has 96 valence electrons. The van der Waals surface area contributed by atoms with E-state index in [0.717, 1.165) is 11.8 Å². The first-order valence-electron chi connectivity index (χ1n) is 5.27. The number of rotatable bonds is 3. The fraction of sp³-hybridized carbons (Fsp3) is 0. The van der Waals surface area contributed by atoms with E-state index in [2.05, 4.69) is 5.32 Å². The van der Waals surface area contributed by atoms with Gasteiger partial charge in [-0.25, -0.2) is 0 Å². The smallest absolute Gasteiger partial charge is 0.276 e. The highest BCUT2D eigenvalue weighted by atomic mass is 32.2. The van der Waals surface area contributed by atoms with Crippen molar-refractivity contribution in [3.8, 4) is 0 Å². The van der Waals surface area contributed by atoms with E-state index in [0.29, 0.717) is 10.5 Å². The Bertz CT molecular complexity index is 622. The summed E-state index contributed by atoms with van der Waals surface area (Å²) in [6.45, 7) is 0. The van der Waals surface area contributed by atoms with Crippen LogP contribution in [0, 0.1) is 15.5 Å². The molecular formula is C12H9N3O3S. The zero-order chi connectivity index (χ0) is 13.8. The lowest BCUT2D eigenvalue weighted by atomic mass is 10.1. The van der Waals surface area contributed by atoms with Crippen LogP contribution in [0.3, 0.4) is 0 Å². The van der Waals surface area contributed by atoms with Crippen molar-refractivity contribution in [1.82, 2.24) is 5.32 Å². The highest BCUT2D eigenvalue weighted by Gasteiger charge is 2.21. The third-order valence-electron chi connectivity index (χ3n) is 2.32.